The molecule has 3 N–H and O–H groups in total. The molecular formula is C33H25BrN2O5S. The van der Waals surface area contributed by atoms with Crippen LogP contribution in [0, 0.1) is 0 Å². The lowest BCUT2D eigenvalue weighted by molar-refractivity contribution is -0.139. The average Bonchev–Trinajstić information content (AvgIpc) is 3.54. The summed E-state index contributed by atoms with van der Waals surface area (Å²) in [5.41, 5.74) is 2.95. The fraction of sp³-hybridized carbons (Fsp3) is 0.0606. The van der Waals surface area contributed by atoms with Crippen molar-refractivity contribution in [2.75, 3.05) is 5.32 Å². The normalized spacial score (nSPS) is 11.4. The number of carbonyl (C=O) groups is 3. The second-order valence-corrected chi connectivity index (χ2v) is 11.2. The number of carboxylic acid groups (broad SMARTS) is 1. The lowest BCUT2D eigenvalue weighted by atomic mass is 9.99. The molecule has 1 atom stereocenters. The number of carboxylic acids is 1. The van der Waals surface area contributed by atoms with E-state index in [0.29, 0.717) is 15.1 Å². The minimum absolute atomic E-state index is 0.0639. The number of anilines is 1. The number of aliphatic carboxylic acids is 1. The highest BCUT2D eigenvalue weighted by Crippen LogP contribution is 2.33. The van der Waals surface area contributed by atoms with Crippen molar-refractivity contribution in [3.63, 3.8) is 0 Å². The number of halogens is 1. The number of hydrogen-bond acceptors (Lipinski definition) is 5. The first-order valence-corrected chi connectivity index (χ1v) is 14.6. The number of rotatable bonds is 10. The lowest BCUT2D eigenvalue weighted by Gasteiger charge is -2.17. The summed E-state index contributed by atoms with van der Waals surface area (Å²) in [6.07, 6.45) is 0.0639. The predicted molar refractivity (Wildman–Crippen MR) is 167 cm³/mol. The summed E-state index contributed by atoms with van der Waals surface area (Å²) < 4.78 is 6.70. The van der Waals surface area contributed by atoms with E-state index in [4.69, 9.17) is 4.74 Å². The summed E-state index contributed by atoms with van der Waals surface area (Å²) in [6.45, 7) is 0. The number of hydrogen-bond donors (Lipinski definition) is 3. The van der Waals surface area contributed by atoms with Crippen LogP contribution in [-0.4, -0.2) is 28.9 Å². The standard InChI is InChI=1S/C33H25BrN2O5S/c34-23-16-17-27(35-32(38)30-11-6-18-42-30)26(20-23)31(37)36-28(33(39)40)19-21-12-14-22(15-13-21)25-9-4-5-10-29(25)41-24-7-2-1-3-8-24/h1-18,20,28H,19H2,(H,35,38)(H,36,37)(H,39,40). The monoisotopic (exact) mass is 640 g/mol. The maximum absolute atomic E-state index is 13.3. The van der Waals surface area contributed by atoms with Crippen LogP contribution in [0.1, 0.15) is 25.6 Å². The molecule has 4 aromatic carbocycles. The Labute approximate surface area is 254 Å². The van der Waals surface area contributed by atoms with Gasteiger partial charge in [-0.25, -0.2) is 4.79 Å². The maximum Gasteiger partial charge on any atom is 0.326 e. The molecule has 9 heteroatoms. The number of thiophene rings is 1. The van der Waals surface area contributed by atoms with Crippen LogP contribution in [0.25, 0.3) is 11.1 Å². The molecule has 1 aromatic heterocycles. The number of para-hydroxylation sites is 2. The molecule has 0 aliphatic heterocycles. The Kier molecular flexibility index (Phi) is 9.11. The van der Waals surface area contributed by atoms with Gasteiger partial charge in [-0.15, -0.1) is 11.3 Å². The number of carbonyl (C=O) groups excluding carboxylic acids is 2. The molecule has 1 heterocycles. The van der Waals surface area contributed by atoms with Crippen molar-refractivity contribution in [3.8, 4) is 22.6 Å². The van der Waals surface area contributed by atoms with E-state index in [1.165, 1.54) is 11.3 Å². The van der Waals surface area contributed by atoms with Crippen LogP contribution < -0.4 is 15.4 Å². The molecule has 0 fully saturated rings. The van der Waals surface area contributed by atoms with Gasteiger partial charge in [0, 0.05) is 16.5 Å². The van der Waals surface area contributed by atoms with Crippen molar-refractivity contribution >= 4 is 50.7 Å². The van der Waals surface area contributed by atoms with Gasteiger partial charge in [0.25, 0.3) is 11.8 Å². The van der Waals surface area contributed by atoms with E-state index in [2.05, 4.69) is 26.6 Å². The van der Waals surface area contributed by atoms with Crippen LogP contribution >= 0.6 is 27.3 Å². The largest absolute Gasteiger partial charge is 0.480 e. The second kappa shape index (κ2) is 13.3. The third kappa shape index (κ3) is 7.12. The molecular weight excluding hydrogens is 616 g/mol. The van der Waals surface area contributed by atoms with Gasteiger partial charge in [-0.3, -0.25) is 9.59 Å². The average molecular weight is 642 g/mol. The van der Waals surface area contributed by atoms with E-state index >= 15 is 0 Å². The number of ether oxygens (including phenoxy) is 1. The van der Waals surface area contributed by atoms with Crippen molar-refractivity contribution in [3.05, 3.63) is 135 Å². The highest BCUT2D eigenvalue weighted by Gasteiger charge is 2.24. The van der Waals surface area contributed by atoms with Gasteiger partial charge in [-0.2, -0.15) is 0 Å². The van der Waals surface area contributed by atoms with Gasteiger partial charge in [-0.1, -0.05) is 82.7 Å². The SMILES string of the molecule is O=C(Nc1ccc(Br)cc1C(=O)NC(Cc1ccc(-c2ccccc2Oc2ccccc2)cc1)C(=O)O)c1cccs1. The Morgan fingerprint density at radius 3 is 2.29 bits per heavy atom. The van der Waals surface area contributed by atoms with E-state index in [1.54, 1.807) is 35.7 Å². The maximum atomic E-state index is 13.3. The quantitative estimate of drug-likeness (QED) is 0.145. The predicted octanol–water partition coefficient (Wildman–Crippen LogP) is 7.65. The van der Waals surface area contributed by atoms with Crippen molar-refractivity contribution in [1.29, 1.82) is 0 Å². The first kappa shape index (κ1) is 28.8. The molecule has 210 valence electrons. The van der Waals surface area contributed by atoms with Crippen LogP contribution in [0.2, 0.25) is 0 Å². The second-order valence-electron chi connectivity index (χ2n) is 9.30. The van der Waals surface area contributed by atoms with Gasteiger partial charge in [-0.05, 0) is 59.0 Å². The molecule has 2 amide bonds. The van der Waals surface area contributed by atoms with E-state index in [9.17, 15) is 19.5 Å². The summed E-state index contributed by atoms with van der Waals surface area (Å²) in [6, 6.07) is 31.7. The molecule has 0 saturated carbocycles. The molecule has 5 rings (SSSR count). The highest BCUT2D eigenvalue weighted by atomic mass is 79.9. The molecule has 7 nitrogen and oxygen atoms in total. The van der Waals surface area contributed by atoms with Crippen LogP contribution in [0.15, 0.2) is 119 Å². The zero-order chi connectivity index (χ0) is 29.5. The van der Waals surface area contributed by atoms with Crippen molar-refractivity contribution in [2.45, 2.75) is 12.5 Å². The van der Waals surface area contributed by atoms with Crippen LogP contribution in [0.5, 0.6) is 11.5 Å². The Morgan fingerprint density at radius 1 is 0.833 bits per heavy atom. The summed E-state index contributed by atoms with van der Waals surface area (Å²) in [7, 11) is 0. The molecule has 0 radical (unpaired) electrons. The zero-order valence-electron chi connectivity index (χ0n) is 22.1. The molecule has 0 aliphatic rings. The molecule has 0 spiro atoms. The Hall–Kier alpha value is -4.73. The Bertz CT molecular complexity index is 1710. The van der Waals surface area contributed by atoms with E-state index in [0.717, 1.165) is 22.4 Å². The molecule has 1 unspecified atom stereocenters. The fourth-order valence-corrected chi connectivity index (χ4v) is 5.29. The Morgan fingerprint density at radius 2 is 1.57 bits per heavy atom. The first-order valence-electron chi connectivity index (χ1n) is 13.0. The molecule has 0 saturated heterocycles. The molecule has 0 aliphatic carbocycles. The van der Waals surface area contributed by atoms with Gasteiger partial charge in [0.1, 0.15) is 17.5 Å². The van der Waals surface area contributed by atoms with Crippen molar-refractivity contribution in [1.82, 2.24) is 5.32 Å². The third-order valence-electron chi connectivity index (χ3n) is 6.39. The van der Waals surface area contributed by atoms with Gasteiger partial charge in [0.05, 0.1) is 16.1 Å². The van der Waals surface area contributed by atoms with Gasteiger partial charge in [0.2, 0.25) is 0 Å². The topological polar surface area (TPSA) is 105 Å². The smallest absolute Gasteiger partial charge is 0.326 e. The van der Waals surface area contributed by atoms with Crippen LogP contribution in [0.4, 0.5) is 5.69 Å². The van der Waals surface area contributed by atoms with Gasteiger partial charge in [0.15, 0.2) is 0 Å². The Balaban J connectivity index is 1.31. The number of nitrogens with one attached hydrogen (secondary N) is 2. The van der Waals surface area contributed by atoms with Crippen molar-refractivity contribution < 1.29 is 24.2 Å². The third-order valence-corrected chi connectivity index (χ3v) is 7.75. The van der Waals surface area contributed by atoms with E-state index in [1.807, 2.05) is 78.9 Å². The highest BCUT2D eigenvalue weighted by molar-refractivity contribution is 9.10. The lowest BCUT2D eigenvalue weighted by Crippen LogP contribution is -2.42. The zero-order valence-corrected chi connectivity index (χ0v) is 24.5. The van der Waals surface area contributed by atoms with Crippen LogP contribution in [0.3, 0.4) is 0 Å². The first-order chi connectivity index (χ1) is 20.4. The van der Waals surface area contributed by atoms with Gasteiger partial charge < -0.3 is 20.5 Å². The fourth-order valence-electron chi connectivity index (χ4n) is 4.31. The van der Waals surface area contributed by atoms with Crippen LogP contribution in [-0.2, 0) is 11.2 Å². The summed E-state index contributed by atoms with van der Waals surface area (Å²) in [4.78, 5) is 38.5. The van der Waals surface area contributed by atoms with E-state index in [-0.39, 0.29) is 23.6 Å². The minimum Gasteiger partial charge on any atom is -0.480 e. The minimum atomic E-state index is -1.20. The molecule has 42 heavy (non-hydrogen) atoms. The van der Waals surface area contributed by atoms with Crippen molar-refractivity contribution in [2.24, 2.45) is 0 Å². The summed E-state index contributed by atoms with van der Waals surface area (Å²) in [5, 5.41) is 17.1. The number of amides is 2. The van der Waals surface area contributed by atoms with Gasteiger partial charge >= 0.3 is 5.97 Å². The van der Waals surface area contributed by atoms with E-state index < -0.39 is 17.9 Å². The number of benzene rings is 4. The molecule has 0 bridgehead atoms. The summed E-state index contributed by atoms with van der Waals surface area (Å²) >= 11 is 4.63. The summed E-state index contributed by atoms with van der Waals surface area (Å²) in [5.74, 6) is -0.724. The molecule has 5 aromatic rings.